The Hall–Kier alpha value is -0.120. The van der Waals surface area contributed by atoms with Crippen LogP contribution in [0.1, 0.15) is 27.2 Å². The Bertz CT molecular complexity index is 215. The summed E-state index contributed by atoms with van der Waals surface area (Å²) in [5.41, 5.74) is 0. The van der Waals surface area contributed by atoms with E-state index >= 15 is 0 Å². The number of hydrogen-bond donors (Lipinski definition) is 1. The highest BCUT2D eigenvalue weighted by atomic mass is 15.3. The molecule has 3 nitrogen and oxygen atoms in total. The summed E-state index contributed by atoms with van der Waals surface area (Å²) in [6, 6.07) is 1.60. The molecule has 0 aromatic rings. The van der Waals surface area contributed by atoms with Crippen LogP contribution in [0.2, 0.25) is 0 Å². The second kappa shape index (κ2) is 5.48. The van der Waals surface area contributed by atoms with Crippen LogP contribution in [0, 0.1) is 5.92 Å². The summed E-state index contributed by atoms with van der Waals surface area (Å²) < 4.78 is 0. The molecule has 2 saturated heterocycles. The van der Waals surface area contributed by atoms with Crippen LogP contribution in [0.3, 0.4) is 0 Å². The fourth-order valence-electron chi connectivity index (χ4n) is 3.39. The first-order valence-corrected chi connectivity index (χ1v) is 6.95. The summed E-state index contributed by atoms with van der Waals surface area (Å²) in [5, 5.41) is 3.52. The maximum atomic E-state index is 3.52. The zero-order chi connectivity index (χ0) is 11.5. The predicted octanol–water partition coefficient (Wildman–Crippen LogP) is 1.01. The van der Waals surface area contributed by atoms with Crippen LogP contribution in [-0.4, -0.2) is 61.2 Å². The van der Waals surface area contributed by atoms with Gasteiger partial charge in [-0.2, -0.15) is 0 Å². The van der Waals surface area contributed by atoms with Crippen molar-refractivity contribution in [1.29, 1.82) is 0 Å². The van der Waals surface area contributed by atoms with Crippen molar-refractivity contribution in [3.63, 3.8) is 0 Å². The highest BCUT2D eigenvalue weighted by Crippen LogP contribution is 2.23. The second-order valence-electron chi connectivity index (χ2n) is 5.36. The van der Waals surface area contributed by atoms with Crippen molar-refractivity contribution in [2.24, 2.45) is 5.92 Å². The summed E-state index contributed by atoms with van der Waals surface area (Å²) in [5.74, 6) is 0.829. The lowest BCUT2D eigenvalue weighted by molar-refractivity contribution is 0.177. The Morgan fingerprint density at radius 1 is 1.25 bits per heavy atom. The van der Waals surface area contributed by atoms with E-state index < -0.39 is 0 Å². The zero-order valence-corrected chi connectivity index (χ0v) is 11.1. The summed E-state index contributed by atoms with van der Waals surface area (Å²) in [6.07, 6.45) is 1.37. The molecule has 0 aliphatic carbocycles. The monoisotopic (exact) mass is 225 g/mol. The van der Waals surface area contributed by atoms with E-state index in [1.807, 2.05) is 0 Å². The minimum Gasteiger partial charge on any atom is -0.315 e. The topological polar surface area (TPSA) is 18.5 Å². The van der Waals surface area contributed by atoms with Crippen molar-refractivity contribution < 1.29 is 0 Å². The number of rotatable bonds is 4. The van der Waals surface area contributed by atoms with Gasteiger partial charge in [-0.1, -0.05) is 20.8 Å². The summed E-state index contributed by atoms with van der Waals surface area (Å²) in [7, 11) is 0. The molecule has 0 aromatic carbocycles. The largest absolute Gasteiger partial charge is 0.315 e. The zero-order valence-electron chi connectivity index (χ0n) is 11.1. The highest BCUT2D eigenvalue weighted by Gasteiger charge is 2.35. The Labute approximate surface area is 100 Å². The third-order valence-electron chi connectivity index (χ3n) is 4.47. The van der Waals surface area contributed by atoms with Gasteiger partial charge >= 0.3 is 0 Å². The van der Waals surface area contributed by atoms with Gasteiger partial charge in [-0.15, -0.1) is 0 Å². The summed E-state index contributed by atoms with van der Waals surface area (Å²) in [6.45, 7) is 14.4. The van der Waals surface area contributed by atoms with Gasteiger partial charge in [0.15, 0.2) is 0 Å². The number of likely N-dealkylation sites (N-methyl/N-ethyl adjacent to an activating group) is 1. The fourth-order valence-corrected chi connectivity index (χ4v) is 3.39. The van der Waals surface area contributed by atoms with Crippen molar-refractivity contribution in [1.82, 2.24) is 15.1 Å². The first-order chi connectivity index (χ1) is 7.76. The van der Waals surface area contributed by atoms with Crippen LogP contribution in [0.5, 0.6) is 0 Å². The Morgan fingerprint density at radius 2 is 2.00 bits per heavy atom. The van der Waals surface area contributed by atoms with Crippen LogP contribution >= 0.6 is 0 Å². The average Bonchev–Trinajstić information content (AvgIpc) is 2.89. The van der Waals surface area contributed by atoms with E-state index in [4.69, 9.17) is 0 Å². The smallest absolute Gasteiger partial charge is 0.0258 e. The molecule has 0 radical (unpaired) electrons. The molecule has 1 N–H and O–H groups in total. The van der Waals surface area contributed by atoms with E-state index in [1.54, 1.807) is 0 Å². The van der Waals surface area contributed by atoms with Crippen molar-refractivity contribution >= 4 is 0 Å². The van der Waals surface area contributed by atoms with Gasteiger partial charge in [0.25, 0.3) is 0 Å². The first kappa shape index (κ1) is 12.3. The first-order valence-electron chi connectivity index (χ1n) is 6.95. The van der Waals surface area contributed by atoms with E-state index in [0.717, 1.165) is 18.0 Å². The number of nitrogens with one attached hydrogen (secondary N) is 1. The van der Waals surface area contributed by atoms with Gasteiger partial charge in [0.05, 0.1) is 0 Å². The van der Waals surface area contributed by atoms with E-state index in [2.05, 4.69) is 35.9 Å². The van der Waals surface area contributed by atoms with Gasteiger partial charge < -0.3 is 5.32 Å². The van der Waals surface area contributed by atoms with Gasteiger partial charge in [-0.25, -0.2) is 0 Å². The van der Waals surface area contributed by atoms with E-state index in [0.29, 0.717) is 0 Å². The normalized spacial score (nSPS) is 36.4. The van der Waals surface area contributed by atoms with Crippen molar-refractivity contribution in [3.8, 4) is 0 Å². The average molecular weight is 225 g/mol. The quantitative estimate of drug-likeness (QED) is 0.770. The third-order valence-corrected chi connectivity index (χ3v) is 4.47. The molecule has 2 aliphatic rings. The standard InChI is InChI=1S/C13H27N3/c1-4-15(5-2)12-6-7-16(10-12)13-9-14-8-11(13)3/h11-14H,4-10H2,1-3H3. The Morgan fingerprint density at radius 3 is 2.56 bits per heavy atom. The molecule has 3 atom stereocenters. The van der Waals surface area contributed by atoms with Crippen molar-refractivity contribution in [3.05, 3.63) is 0 Å². The molecule has 0 amide bonds. The summed E-state index contributed by atoms with van der Waals surface area (Å²) >= 11 is 0. The minimum absolute atomic E-state index is 0.792. The Kier molecular flexibility index (Phi) is 4.22. The van der Waals surface area contributed by atoms with E-state index in [-0.39, 0.29) is 0 Å². The van der Waals surface area contributed by atoms with Gasteiger partial charge in [-0.3, -0.25) is 9.80 Å². The van der Waals surface area contributed by atoms with Gasteiger partial charge in [-0.05, 0) is 32.0 Å². The lowest BCUT2D eigenvalue weighted by Gasteiger charge is -2.29. The SMILES string of the molecule is CCN(CC)C1CCN(C2CNCC2C)C1. The molecule has 3 unspecified atom stereocenters. The van der Waals surface area contributed by atoms with E-state index in [1.165, 1.54) is 45.7 Å². The molecule has 94 valence electrons. The molecule has 2 heterocycles. The molecular weight excluding hydrogens is 198 g/mol. The van der Waals surface area contributed by atoms with Gasteiger partial charge in [0.2, 0.25) is 0 Å². The lowest BCUT2D eigenvalue weighted by Crippen LogP contribution is -2.42. The molecular formula is C13H27N3. The lowest BCUT2D eigenvalue weighted by atomic mass is 10.1. The molecule has 0 aromatic heterocycles. The maximum Gasteiger partial charge on any atom is 0.0258 e. The summed E-state index contributed by atoms with van der Waals surface area (Å²) in [4.78, 5) is 5.33. The minimum atomic E-state index is 0.792. The molecule has 3 heteroatoms. The molecule has 2 aliphatic heterocycles. The molecule has 0 spiro atoms. The number of likely N-dealkylation sites (tertiary alicyclic amines) is 1. The maximum absolute atomic E-state index is 3.52. The van der Waals surface area contributed by atoms with Crippen LogP contribution < -0.4 is 5.32 Å². The van der Waals surface area contributed by atoms with Gasteiger partial charge in [0.1, 0.15) is 0 Å². The molecule has 2 rings (SSSR count). The van der Waals surface area contributed by atoms with Crippen LogP contribution in [-0.2, 0) is 0 Å². The molecule has 0 saturated carbocycles. The highest BCUT2D eigenvalue weighted by molar-refractivity contribution is 4.92. The molecule has 16 heavy (non-hydrogen) atoms. The number of hydrogen-bond acceptors (Lipinski definition) is 3. The van der Waals surface area contributed by atoms with Gasteiger partial charge in [0, 0.05) is 31.7 Å². The second-order valence-corrected chi connectivity index (χ2v) is 5.36. The molecule has 0 bridgehead atoms. The van der Waals surface area contributed by atoms with Crippen molar-refractivity contribution in [2.75, 3.05) is 39.3 Å². The molecule has 2 fully saturated rings. The Balaban J connectivity index is 1.87. The predicted molar refractivity (Wildman–Crippen MR) is 68.7 cm³/mol. The van der Waals surface area contributed by atoms with Crippen LogP contribution in [0.25, 0.3) is 0 Å². The van der Waals surface area contributed by atoms with Crippen LogP contribution in [0.15, 0.2) is 0 Å². The van der Waals surface area contributed by atoms with Crippen molar-refractivity contribution in [2.45, 2.75) is 39.3 Å². The fraction of sp³-hybridized carbons (Fsp3) is 1.00. The van der Waals surface area contributed by atoms with Crippen LogP contribution in [0.4, 0.5) is 0 Å². The van der Waals surface area contributed by atoms with E-state index in [9.17, 15) is 0 Å². The third kappa shape index (κ3) is 2.41. The number of nitrogens with zero attached hydrogens (tertiary/aromatic N) is 2.